The van der Waals surface area contributed by atoms with Crippen LogP contribution in [0.15, 0.2) is 29.2 Å². The minimum Gasteiger partial charge on any atom is -0.130 e. The van der Waals surface area contributed by atoms with E-state index in [0.717, 1.165) is 25.7 Å². The topological polar surface area (TPSA) is 0 Å². The summed E-state index contributed by atoms with van der Waals surface area (Å²) in [4.78, 5) is 1.32. The van der Waals surface area contributed by atoms with Gasteiger partial charge in [-0.15, -0.1) is 11.8 Å². The molecule has 0 aliphatic heterocycles. The highest BCUT2D eigenvalue weighted by Crippen LogP contribution is 2.16. The van der Waals surface area contributed by atoms with Gasteiger partial charge in [0.1, 0.15) is 0 Å². The van der Waals surface area contributed by atoms with E-state index in [0.29, 0.717) is 0 Å². The lowest BCUT2D eigenvalue weighted by Gasteiger charge is -2.01. The monoisotopic (exact) mass is 203 g/mol. The third-order valence-corrected chi connectivity index (χ3v) is 2.92. The first-order chi connectivity index (χ1) is 6.86. The van der Waals surface area contributed by atoms with Crippen LogP contribution in [-0.4, -0.2) is 6.26 Å². The summed E-state index contributed by atoms with van der Waals surface area (Å²) in [5.74, 6) is 2.42. The molecule has 14 heavy (non-hydrogen) atoms. The normalized spacial score (nSPS) is 9.71. The molecule has 0 fully saturated rings. The molecule has 0 saturated heterocycles. The Bertz CT molecular complexity index is 292. The summed E-state index contributed by atoms with van der Waals surface area (Å²) in [5.41, 5.74) is 1.40. The SMILES string of the molecule is [C]#CCCCCc1ccc(SC)cc1. The van der Waals surface area contributed by atoms with E-state index in [1.807, 2.05) is 0 Å². The molecule has 73 valence electrons. The van der Waals surface area contributed by atoms with Gasteiger partial charge in [0.2, 0.25) is 0 Å². The van der Waals surface area contributed by atoms with Crippen molar-refractivity contribution in [1.82, 2.24) is 0 Å². The Morgan fingerprint density at radius 3 is 2.50 bits per heavy atom. The highest BCUT2D eigenvalue weighted by molar-refractivity contribution is 7.98. The average Bonchev–Trinajstić information content (AvgIpc) is 2.25. The van der Waals surface area contributed by atoms with Gasteiger partial charge in [-0.05, 0) is 49.6 Å². The molecule has 1 rings (SSSR count). The second-order valence-corrected chi connectivity index (χ2v) is 4.11. The molecule has 0 N–H and O–H groups in total. The van der Waals surface area contributed by atoms with Crippen molar-refractivity contribution in [3.63, 3.8) is 0 Å². The van der Waals surface area contributed by atoms with Gasteiger partial charge in [0.25, 0.3) is 0 Å². The van der Waals surface area contributed by atoms with Crippen LogP contribution in [-0.2, 0) is 6.42 Å². The maximum atomic E-state index is 6.79. The highest BCUT2D eigenvalue weighted by atomic mass is 32.2. The number of hydrogen-bond acceptors (Lipinski definition) is 1. The second-order valence-electron chi connectivity index (χ2n) is 3.23. The van der Waals surface area contributed by atoms with Crippen LogP contribution in [0.2, 0.25) is 0 Å². The molecule has 0 saturated carbocycles. The van der Waals surface area contributed by atoms with Crippen LogP contribution in [0, 0.1) is 12.3 Å². The standard InChI is InChI=1S/C13H15S/c1-3-4-5-6-7-12-8-10-13(14-2)11-9-12/h8-11H,4-7H2,2H3. The number of aryl methyl sites for hydroxylation is 1. The van der Waals surface area contributed by atoms with E-state index < -0.39 is 0 Å². The zero-order valence-electron chi connectivity index (χ0n) is 8.55. The van der Waals surface area contributed by atoms with Crippen molar-refractivity contribution in [2.24, 2.45) is 0 Å². The predicted octanol–water partition coefficient (Wildman–Crippen LogP) is 3.71. The van der Waals surface area contributed by atoms with Gasteiger partial charge in [0.15, 0.2) is 0 Å². The van der Waals surface area contributed by atoms with E-state index in [-0.39, 0.29) is 0 Å². The molecule has 1 radical (unpaired) electrons. The molecule has 0 bridgehead atoms. The smallest absolute Gasteiger partial charge is 0.00990 e. The van der Waals surface area contributed by atoms with Gasteiger partial charge in [0, 0.05) is 11.3 Å². The van der Waals surface area contributed by atoms with Crippen molar-refractivity contribution in [2.45, 2.75) is 30.6 Å². The number of rotatable bonds is 5. The van der Waals surface area contributed by atoms with E-state index >= 15 is 0 Å². The minimum atomic E-state index is 0.795. The van der Waals surface area contributed by atoms with Crippen molar-refractivity contribution >= 4 is 11.8 Å². The molecule has 1 aromatic carbocycles. The summed E-state index contributed by atoms with van der Waals surface area (Å²) >= 11 is 1.77. The first-order valence-corrected chi connectivity index (χ1v) is 6.12. The molecule has 0 atom stereocenters. The zero-order chi connectivity index (χ0) is 10.2. The van der Waals surface area contributed by atoms with Crippen molar-refractivity contribution in [3.05, 3.63) is 36.3 Å². The van der Waals surface area contributed by atoms with Crippen molar-refractivity contribution in [2.75, 3.05) is 6.26 Å². The fourth-order valence-electron chi connectivity index (χ4n) is 1.33. The molecule has 0 heterocycles. The van der Waals surface area contributed by atoms with E-state index in [4.69, 9.17) is 6.42 Å². The highest BCUT2D eigenvalue weighted by Gasteiger charge is 1.93. The molecule has 1 aromatic rings. The van der Waals surface area contributed by atoms with Gasteiger partial charge in [-0.2, -0.15) is 0 Å². The number of hydrogen-bond donors (Lipinski definition) is 0. The van der Waals surface area contributed by atoms with Crippen LogP contribution >= 0.6 is 11.8 Å². The second kappa shape index (κ2) is 6.56. The van der Waals surface area contributed by atoms with Crippen molar-refractivity contribution < 1.29 is 0 Å². The first-order valence-electron chi connectivity index (χ1n) is 4.89. The van der Waals surface area contributed by atoms with Crippen molar-refractivity contribution in [3.8, 4) is 5.92 Å². The largest absolute Gasteiger partial charge is 0.130 e. The number of unbranched alkanes of at least 4 members (excludes halogenated alkanes) is 2. The molecular formula is C13H15S. The molecule has 0 aromatic heterocycles. The van der Waals surface area contributed by atoms with Gasteiger partial charge in [0.05, 0.1) is 0 Å². The molecule has 1 heteroatoms. The van der Waals surface area contributed by atoms with Crippen LogP contribution in [0.3, 0.4) is 0 Å². The third-order valence-electron chi connectivity index (χ3n) is 2.18. The van der Waals surface area contributed by atoms with Crippen LogP contribution < -0.4 is 0 Å². The fraction of sp³-hybridized carbons (Fsp3) is 0.385. The summed E-state index contributed by atoms with van der Waals surface area (Å²) in [6, 6.07) is 8.73. The Morgan fingerprint density at radius 2 is 1.93 bits per heavy atom. The summed E-state index contributed by atoms with van der Waals surface area (Å²) in [5, 5.41) is 0. The number of benzene rings is 1. The van der Waals surface area contributed by atoms with Gasteiger partial charge in [-0.25, -0.2) is 0 Å². The summed E-state index contributed by atoms with van der Waals surface area (Å²) in [6.07, 6.45) is 13.0. The summed E-state index contributed by atoms with van der Waals surface area (Å²) in [7, 11) is 0. The zero-order valence-corrected chi connectivity index (χ0v) is 9.36. The molecule has 0 nitrogen and oxygen atoms in total. The molecular weight excluding hydrogens is 188 g/mol. The maximum Gasteiger partial charge on any atom is 0.00990 e. The molecule has 0 spiro atoms. The first kappa shape index (κ1) is 11.2. The van der Waals surface area contributed by atoms with E-state index in [9.17, 15) is 0 Å². The van der Waals surface area contributed by atoms with Crippen LogP contribution in [0.4, 0.5) is 0 Å². The molecule has 0 unspecified atom stereocenters. The Hall–Kier alpha value is -0.870. The van der Waals surface area contributed by atoms with Crippen LogP contribution in [0.1, 0.15) is 24.8 Å². The van der Waals surface area contributed by atoms with E-state index in [1.54, 1.807) is 11.8 Å². The van der Waals surface area contributed by atoms with Gasteiger partial charge < -0.3 is 0 Å². The Balaban J connectivity index is 2.33. The van der Waals surface area contributed by atoms with Crippen LogP contribution in [0.25, 0.3) is 0 Å². The quantitative estimate of drug-likeness (QED) is 0.399. The lowest BCUT2D eigenvalue weighted by Crippen LogP contribution is -1.85. The Labute approximate surface area is 91.1 Å². The Kier molecular flexibility index (Phi) is 5.25. The van der Waals surface area contributed by atoms with Crippen LogP contribution in [0.5, 0.6) is 0 Å². The molecule has 0 amide bonds. The van der Waals surface area contributed by atoms with Gasteiger partial charge >= 0.3 is 0 Å². The van der Waals surface area contributed by atoms with E-state index in [1.165, 1.54) is 10.5 Å². The Morgan fingerprint density at radius 1 is 1.21 bits per heavy atom. The number of thioether (sulfide) groups is 1. The molecule has 0 aliphatic rings. The van der Waals surface area contributed by atoms with Gasteiger partial charge in [-0.1, -0.05) is 18.1 Å². The van der Waals surface area contributed by atoms with Crippen molar-refractivity contribution in [1.29, 1.82) is 0 Å². The van der Waals surface area contributed by atoms with E-state index in [2.05, 4.69) is 36.4 Å². The average molecular weight is 203 g/mol. The predicted molar refractivity (Wildman–Crippen MR) is 62.9 cm³/mol. The maximum absolute atomic E-state index is 6.79. The lowest BCUT2D eigenvalue weighted by molar-refractivity contribution is 0.756. The fourth-order valence-corrected chi connectivity index (χ4v) is 1.74. The minimum absolute atomic E-state index is 0.795. The molecule has 0 aliphatic carbocycles. The van der Waals surface area contributed by atoms with Gasteiger partial charge in [-0.3, -0.25) is 0 Å². The summed E-state index contributed by atoms with van der Waals surface area (Å²) < 4.78 is 0. The lowest BCUT2D eigenvalue weighted by atomic mass is 10.1. The third kappa shape index (κ3) is 3.89. The summed E-state index contributed by atoms with van der Waals surface area (Å²) in [6.45, 7) is 0.